The van der Waals surface area contributed by atoms with E-state index in [9.17, 15) is 9.90 Å². The van der Waals surface area contributed by atoms with Gasteiger partial charge in [0.2, 0.25) is 0 Å². The Morgan fingerprint density at radius 2 is 2.12 bits per heavy atom. The maximum absolute atomic E-state index is 11.0. The van der Waals surface area contributed by atoms with Gasteiger partial charge in [-0.05, 0) is 12.1 Å². The number of hydrogen-bond acceptors (Lipinski definition) is 3. The molecule has 2 aromatic rings. The van der Waals surface area contributed by atoms with Gasteiger partial charge in [-0.1, -0.05) is 24.3 Å². The molecule has 1 aromatic carbocycles. The number of phenols is 1. The SMILES string of the molecule is NC(=O)c1cccc(/C=C/c2ccoc2)c1O. The third-order valence-corrected chi connectivity index (χ3v) is 2.33. The number of carbonyl (C=O) groups excluding carboxylic acids is 1. The molecule has 4 heteroatoms. The molecule has 0 unspecified atom stereocenters. The van der Waals surface area contributed by atoms with Gasteiger partial charge in [0.05, 0.1) is 18.1 Å². The third-order valence-electron chi connectivity index (χ3n) is 2.33. The van der Waals surface area contributed by atoms with Crippen LogP contribution in [-0.4, -0.2) is 11.0 Å². The molecule has 0 saturated carbocycles. The van der Waals surface area contributed by atoms with Gasteiger partial charge in [0.1, 0.15) is 5.75 Å². The van der Waals surface area contributed by atoms with E-state index >= 15 is 0 Å². The second-order valence-electron chi connectivity index (χ2n) is 3.50. The highest BCUT2D eigenvalue weighted by molar-refractivity contribution is 5.97. The molecule has 1 amide bonds. The Bertz CT molecular complexity index is 556. The van der Waals surface area contributed by atoms with E-state index in [1.165, 1.54) is 6.07 Å². The number of para-hydroxylation sites is 1. The first-order chi connectivity index (χ1) is 8.18. The molecular formula is C13H11NO3. The summed E-state index contributed by atoms with van der Waals surface area (Å²) in [5.41, 5.74) is 6.65. The number of aromatic hydroxyl groups is 1. The number of amides is 1. The maximum atomic E-state index is 11.0. The van der Waals surface area contributed by atoms with Gasteiger partial charge in [-0.3, -0.25) is 4.79 Å². The van der Waals surface area contributed by atoms with E-state index in [4.69, 9.17) is 10.2 Å². The zero-order chi connectivity index (χ0) is 12.3. The number of furan rings is 1. The molecule has 0 aliphatic rings. The molecule has 1 heterocycles. The first-order valence-corrected chi connectivity index (χ1v) is 5.00. The lowest BCUT2D eigenvalue weighted by molar-refractivity contribution is 0.0997. The summed E-state index contributed by atoms with van der Waals surface area (Å²) in [4.78, 5) is 11.0. The van der Waals surface area contributed by atoms with Crippen LogP contribution in [-0.2, 0) is 0 Å². The lowest BCUT2D eigenvalue weighted by atomic mass is 10.1. The Hall–Kier alpha value is -2.49. The summed E-state index contributed by atoms with van der Waals surface area (Å²) in [6, 6.07) is 6.62. The number of primary amides is 1. The van der Waals surface area contributed by atoms with Crippen LogP contribution in [0.3, 0.4) is 0 Å². The van der Waals surface area contributed by atoms with Crippen LogP contribution in [0.5, 0.6) is 5.75 Å². The van der Waals surface area contributed by atoms with Crippen molar-refractivity contribution in [3.05, 3.63) is 53.5 Å². The van der Waals surface area contributed by atoms with Gasteiger partial charge in [-0.15, -0.1) is 0 Å². The summed E-state index contributed by atoms with van der Waals surface area (Å²) in [5.74, 6) is -0.763. The average Bonchev–Trinajstić information content (AvgIpc) is 2.80. The molecule has 0 radical (unpaired) electrons. The zero-order valence-electron chi connectivity index (χ0n) is 8.96. The van der Waals surface area contributed by atoms with Crippen LogP contribution in [0, 0.1) is 0 Å². The van der Waals surface area contributed by atoms with Crippen LogP contribution in [0.1, 0.15) is 21.5 Å². The van der Waals surface area contributed by atoms with Crippen molar-refractivity contribution in [1.29, 1.82) is 0 Å². The number of hydrogen-bond donors (Lipinski definition) is 2. The van der Waals surface area contributed by atoms with E-state index in [0.717, 1.165) is 5.56 Å². The highest BCUT2D eigenvalue weighted by Crippen LogP contribution is 2.24. The van der Waals surface area contributed by atoms with Crippen molar-refractivity contribution in [2.45, 2.75) is 0 Å². The van der Waals surface area contributed by atoms with Gasteiger partial charge in [0, 0.05) is 11.1 Å². The Kier molecular flexibility index (Phi) is 2.96. The van der Waals surface area contributed by atoms with Crippen LogP contribution in [0.15, 0.2) is 41.2 Å². The fraction of sp³-hybridized carbons (Fsp3) is 0. The molecule has 0 atom stereocenters. The van der Waals surface area contributed by atoms with Crippen LogP contribution >= 0.6 is 0 Å². The number of rotatable bonds is 3. The number of carbonyl (C=O) groups is 1. The second-order valence-corrected chi connectivity index (χ2v) is 3.50. The normalized spacial score (nSPS) is 10.8. The predicted octanol–water partition coefficient (Wildman–Crippen LogP) is 2.25. The molecule has 1 aromatic heterocycles. The van der Waals surface area contributed by atoms with E-state index in [2.05, 4.69) is 0 Å². The summed E-state index contributed by atoms with van der Waals surface area (Å²) in [5, 5.41) is 9.81. The number of benzene rings is 1. The molecular weight excluding hydrogens is 218 g/mol. The van der Waals surface area contributed by atoms with Crippen LogP contribution in [0.25, 0.3) is 12.2 Å². The lowest BCUT2D eigenvalue weighted by Gasteiger charge is -2.03. The Morgan fingerprint density at radius 1 is 1.29 bits per heavy atom. The third kappa shape index (κ3) is 2.36. The molecule has 0 aliphatic heterocycles. The highest BCUT2D eigenvalue weighted by Gasteiger charge is 2.09. The molecule has 17 heavy (non-hydrogen) atoms. The summed E-state index contributed by atoms with van der Waals surface area (Å²) in [7, 11) is 0. The Morgan fingerprint density at radius 3 is 2.76 bits per heavy atom. The summed E-state index contributed by atoms with van der Waals surface area (Å²) in [6.45, 7) is 0. The highest BCUT2D eigenvalue weighted by atomic mass is 16.3. The molecule has 2 rings (SSSR count). The molecule has 86 valence electrons. The fourth-order valence-electron chi connectivity index (χ4n) is 1.45. The van der Waals surface area contributed by atoms with E-state index in [1.807, 2.05) is 0 Å². The monoisotopic (exact) mass is 229 g/mol. The maximum Gasteiger partial charge on any atom is 0.252 e. The molecule has 0 saturated heterocycles. The molecule has 0 spiro atoms. The van der Waals surface area contributed by atoms with Crippen molar-refractivity contribution < 1.29 is 14.3 Å². The van der Waals surface area contributed by atoms with E-state index in [1.54, 1.807) is 42.9 Å². The van der Waals surface area contributed by atoms with Crippen molar-refractivity contribution in [3.8, 4) is 5.75 Å². The lowest BCUT2D eigenvalue weighted by Crippen LogP contribution is -2.11. The van der Waals surface area contributed by atoms with E-state index < -0.39 is 5.91 Å². The van der Waals surface area contributed by atoms with E-state index in [0.29, 0.717) is 5.56 Å². The van der Waals surface area contributed by atoms with Gasteiger partial charge in [0.25, 0.3) is 5.91 Å². The molecule has 0 bridgehead atoms. The van der Waals surface area contributed by atoms with Crippen LogP contribution in [0.4, 0.5) is 0 Å². The van der Waals surface area contributed by atoms with Gasteiger partial charge in [-0.2, -0.15) is 0 Å². The van der Waals surface area contributed by atoms with Gasteiger partial charge in [-0.25, -0.2) is 0 Å². The van der Waals surface area contributed by atoms with Gasteiger partial charge >= 0.3 is 0 Å². The van der Waals surface area contributed by atoms with Gasteiger partial charge < -0.3 is 15.3 Å². The molecule has 3 N–H and O–H groups in total. The van der Waals surface area contributed by atoms with Crippen LogP contribution < -0.4 is 5.73 Å². The second kappa shape index (κ2) is 4.57. The van der Waals surface area contributed by atoms with Gasteiger partial charge in [0.15, 0.2) is 0 Å². The Balaban J connectivity index is 2.34. The summed E-state index contributed by atoms with van der Waals surface area (Å²) in [6.07, 6.45) is 6.58. The predicted molar refractivity (Wildman–Crippen MR) is 64.3 cm³/mol. The van der Waals surface area contributed by atoms with Crippen LogP contribution in [0.2, 0.25) is 0 Å². The molecule has 0 aliphatic carbocycles. The minimum Gasteiger partial charge on any atom is -0.506 e. The van der Waals surface area contributed by atoms with Crippen molar-refractivity contribution in [3.63, 3.8) is 0 Å². The smallest absolute Gasteiger partial charge is 0.252 e. The largest absolute Gasteiger partial charge is 0.506 e. The van der Waals surface area contributed by atoms with E-state index in [-0.39, 0.29) is 11.3 Å². The molecule has 4 nitrogen and oxygen atoms in total. The van der Waals surface area contributed by atoms with Crippen molar-refractivity contribution >= 4 is 18.1 Å². The Labute approximate surface area is 98.0 Å². The molecule has 0 fully saturated rings. The topological polar surface area (TPSA) is 76.5 Å². The summed E-state index contributed by atoms with van der Waals surface area (Å²) >= 11 is 0. The quantitative estimate of drug-likeness (QED) is 0.847. The average molecular weight is 229 g/mol. The summed E-state index contributed by atoms with van der Waals surface area (Å²) < 4.78 is 4.91. The fourth-order valence-corrected chi connectivity index (χ4v) is 1.45. The number of nitrogens with two attached hydrogens (primary N) is 1. The first-order valence-electron chi connectivity index (χ1n) is 5.00. The van der Waals surface area contributed by atoms with Crippen molar-refractivity contribution in [2.24, 2.45) is 5.73 Å². The first kappa shape index (κ1) is 11.0. The standard InChI is InChI=1S/C13H11NO3/c14-13(16)11-3-1-2-10(12(11)15)5-4-9-6-7-17-8-9/h1-8,15H,(H2,14,16)/b5-4+. The van der Waals surface area contributed by atoms with Crippen molar-refractivity contribution in [1.82, 2.24) is 0 Å². The minimum absolute atomic E-state index is 0.111. The van der Waals surface area contributed by atoms with Crippen molar-refractivity contribution in [2.75, 3.05) is 0 Å². The zero-order valence-corrected chi connectivity index (χ0v) is 8.96. The minimum atomic E-state index is -0.652.